The fraction of sp³-hybridized carbons (Fsp3) is 0.407. The molecular weight excluding hydrogens is 446 g/mol. The van der Waals surface area contributed by atoms with E-state index in [2.05, 4.69) is 10.3 Å². The molecule has 1 aromatic heterocycles. The van der Waals surface area contributed by atoms with E-state index in [1.165, 1.54) is 0 Å². The van der Waals surface area contributed by atoms with E-state index in [1.54, 1.807) is 27.4 Å². The summed E-state index contributed by atoms with van der Waals surface area (Å²) in [5, 5.41) is 4.01. The van der Waals surface area contributed by atoms with Crippen LogP contribution in [0.3, 0.4) is 0 Å². The molecule has 0 unspecified atom stereocenters. The number of nitrogens with zero attached hydrogens (tertiary/aromatic N) is 1. The van der Waals surface area contributed by atoms with Crippen LogP contribution in [0.25, 0.3) is 10.9 Å². The Hall–Kier alpha value is -3.68. The minimum atomic E-state index is -0.142. The second kappa shape index (κ2) is 10.7. The van der Waals surface area contributed by atoms with E-state index in [0.717, 1.165) is 35.1 Å². The Balaban J connectivity index is 1.31. The van der Waals surface area contributed by atoms with Crippen LogP contribution in [0.4, 0.5) is 0 Å². The molecular formula is C27H33N3O5. The number of nitrogens with one attached hydrogen (secondary N) is 2. The molecule has 2 heterocycles. The van der Waals surface area contributed by atoms with Crippen molar-refractivity contribution in [3.05, 3.63) is 53.7 Å². The highest BCUT2D eigenvalue weighted by Crippen LogP contribution is 2.28. The minimum Gasteiger partial charge on any atom is -0.497 e. The first kappa shape index (κ1) is 24.4. The molecule has 8 nitrogen and oxygen atoms in total. The second-order valence-electron chi connectivity index (χ2n) is 8.95. The molecule has 3 aromatic rings. The van der Waals surface area contributed by atoms with Crippen molar-refractivity contribution in [1.82, 2.24) is 15.2 Å². The standard InChI is InChI=1S/C27H33N3O5/c1-17(26(31)28-16-20-6-8-22(34-3)15-25(20)35-4)18-9-11-30(12-10-18)27(32)24-13-19-5-7-21(33-2)14-23(19)29-24/h5-8,13-15,17-18,29H,9-12,16H2,1-4H3,(H,28,31)/t17-/m1/s1. The Bertz CT molecular complexity index is 1200. The number of ether oxygens (including phenoxy) is 3. The van der Waals surface area contributed by atoms with Crippen molar-refractivity contribution in [1.29, 1.82) is 0 Å². The largest absolute Gasteiger partial charge is 0.497 e. The summed E-state index contributed by atoms with van der Waals surface area (Å²) in [6, 6.07) is 13.1. The van der Waals surface area contributed by atoms with Crippen LogP contribution in [0.5, 0.6) is 17.2 Å². The first-order valence-electron chi connectivity index (χ1n) is 11.9. The first-order chi connectivity index (χ1) is 16.9. The number of carbonyl (C=O) groups is 2. The Morgan fingerprint density at radius 3 is 2.37 bits per heavy atom. The molecule has 0 spiro atoms. The molecule has 0 bridgehead atoms. The number of likely N-dealkylation sites (tertiary alicyclic amines) is 1. The molecule has 186 valence electrons. The monoisotopic (exact) mass is 479 g/mol. The van der Waals surface area contributed by atoms with Gasteiger partial charge in [0, 0.05) is 54.2 Å². The van der Waals surface area contributed by atoms with Crippen LogP contribution in [-0.4, -0.2) is 56.1 Å². The molecule has 1 aliphatic heterocycles. The molecule has 35 heavy (non-hydrogen) atoms. The maximum absolute atomic E-state index is 13.1. The normalized spacial score (nSPS) is 15.0. The van der Waals surface area contributed by atoms with E-state index in [4.69, 9.17) is 14.2 Å². The van der Waals surface area contributed by atoms with Crippen LogP contribution in [0.1, 0.15) is 35.8 Å². The number of hydrogen-bond acceptors (Lipinski definition) is 5. The third-order valence-electron chi connectivity index (χ3n) is 6.95. The summed E-state index contributed by atoms with van der Waals surface area (Å²) in [7, 11) is 4.83. The maximum atomic E-state index is 13.1. The summed E-state index contributed by atoms with van der Waals surface area (Å²) in [4.78, 5) is 31.0. The first-order valence-corrected chi connectivity index (χ1v) is 11.9. The lowest BCUT2D eigenvalue weighted by atomic mass is 9.84. The van der Waals surface area contributed by atoms with Crippen LogP contribution in [0.15, 0.2) is 42.5 Å². The zero-order chi connectivity index (χ0) is 24.9. The predicted octanol–water partition coefficient (Wildman–Crippen LogP) is 4.00. The third-order valence-corrected chi connectivity index (χ3v) is 6.95. The zero-order valence-corrected chi connectivity index (χ0v) is 20.7. The molecule has 1 fully saturated rings. The molecule has 2 amide bonds. The van der Waals surface area contributed by atoms with Gasteiger partial charge in [-0.05, 0) is 49.1 Å². The van der Waals surface area contributed by atoms with E-state index in [1.807, 2.05) is 48.2 Å². The predicted molar refractivity (Wildman–Crippen MR) is 134 cm³/mol. The molecule has 2 aromatic carbocycles. The van der Waals surface area contributed by atoms with Gasteiger partial charge in [-0.1, -0.05) is 6.92 Å². The van der Waals surface area contributed by atoms with Gasteiger partial charge in [0.25, 0.3) is 5.91 Å². The molecule has 8 heteroatoms. The van der Waals surface area contributed by atoms with Crippen molar-refractivity contribution in [3.8, 4) is 17.2 Å². The van der Waals surface area contributed by atoms with Gasteiger partial charge in [0.15, 0.2) is 0 Å². The highest BCUT2D eigenvalue weighted by molar-refractivity contribution is 5.98. The molecule has 2 N–H and O–H groups in total. The Labute approximate surface area is 205 Å². The van der Waals surface area contributed by atoms with Crippen LogP contribution >= 0.6 is 0 Å². The fourth-order valence-corrected chi connectivity index (χ4v) is 4.68. The quantitative estimate of drug-likeness (QED) is 0.510. The smallest absolute Gasteiger partial charge is 0.270 e. The third kappa shape index (κ3) is 5.37. The Morgan fingerprint density at radius 2 is 1.69 bits per heavy atom. The minimum absolute atomic E-state index is 0.0113. The zero-order valence-electron chi connectivity index (χ0n) is 20.7. The fourth-order valence-electron chi connectivity index (χ4n) is 4.68. The van der Waals surface area contributed by atoms with Gasteiger partial charge in [0.05, 0.1) is 21.3 Å². The number of hydrogen-bond donors (Lipinski definition) is 2. The number of methoxy groups -OCH3 is 3. The van der Waals surface area contributed by atoms with E-state index < -0.39 is 0 Å². The van der Waals surface area contributed by atoms with Gasteiger partial charge in [0.1, 0.15) is 22.9 Å². The Morgan fingerprint density at radius 1 is 1.00 bits per heavy atom. The molecule has 1 atom stereocenters. The Kier molecular flexibility index (Phi) is 7.48. The lowest BCUT2D eigenvalue weighted by Gasteiger charge is -2.34. The molecule has 0 saturated carbocycles. The summed E-state index contributed by atoms with van der Waals surface area (Å²) in [6.07, 6.45) is 1.58. The highest BCUT2D eigenvalue weighted by Gasteiger charge is 2.30. The topological polar surface area (TPSA) is 92.9 Å². The number of piperidine rings is 1. The van der Waals surface area contributed by atoms with Crippen molar-refractivity contribution in [2.75, 3.05) is 34.4 Å². The number of H-pyrrole nitrogens is 1. The molecule has 1 aliphatic rings. The second-order valence-corrected chi connectivity index (χ2v) is 8.95. The van der Waals surface area contributed by atoms with Gasteiger partial charge >= 0.3 is 0 Å². The van der Waals surface area contributed by atoms with Gasteiger partial charge in [0.2, 0.25) is 5.91 Å². The number of aromatic amines is 1. The SMILES string of the molecule is COc1ccc(CNC(=O)[C@H](C)C2CCN(C(=O)c3cc4ccc(OC)cc4[nH]3)CC2)c(OC)c1. The average Bonchev–Trinajstić information content (AvgIpc) is 3.34. The van der Waals surface area contributed by atoms with Crippen molar-refractivity contribution < 1.29 is 23.8 Å². The maximum Gasteiger partial charge on any atom is 0.270 e. The van der Waals surface area contributed by atoms with Crippen LogP contribution in [0.2, 0.25) is 0 Å². The number of aromatic nitrogens is 1. The lowest BCUT2D eigenvalue weighted by molar-refractivity contribution is -0.126. The number of benzene rings is 2. The van der Waals surface area contributed by atoms with Crippen molar-refractivity contribution >= 4 is 22.7 Å². The summed E-state index contributed by atoms with van der Waals surface area (Å²) < 4.78 is 15.9. The van der Waals surface area contributed by atoms with Crippen molar-refractivity contribution in [2.24, 2.45) is 11.8 Å². The van der Waals surface area contributed by atoms with Crippen LogP contribution in [-0.2, 0) is 11.3 Å². The van der Waals surface area contributed by atoms with Gasteiger partial charge in [-0.25, -0.2) is 0 Å². The van der Waals surface area contributed by atoms with Gasteiger partial charge in [-0.3, -0.25) is 9.59 Å². The number of carbonyl (C=O) groups excluding carboxylic acids is 2. The molecule has 1 saturated heterocycles. The number of rotatable bonds is 8. The van der Waals surface area contributed by atoms with E-state index >= 15 is 0 Å². The van der Waals surface area contributed by atoms with Gasteiger partial charge < -0.3 is 29.4 Å². The summed E-state index contributed by atoms with van der Waals surface area (Å²) in [6.45, 7) is 3.62. The number of fused-ring (bicyclic) bond motifs is 1. The summed E-state index contributed by atoms with van der Waals surface area (Å²) >= 11 is 0. The van der Waals surface area contributed by atoms with Crippen molar-refractivity contribution in [3.63, 3.8) is 0 Å². The average molecular weight is 480 g/mol. The van der Waals surface area contributed by atoms with Crippen LogP contribution in [0, 0.1) is 11.8 Å². The van der Waals surface area contributed by atoms with E-state index in [-0.39, 0.29) is 23.7 Å². The highest BCUT2D eigenvalue weighted by atomic mass is 16.5. The lowest BCUT2D eigenvalue weighted by Crippen LogP contribution is -2.42. The number of amides is 2. The van der Waals surface area contributed by atoms with Gasteiger partial charge in [-0.15, -0.1) is 0 Å². The molecule has 0 aliphatic carbocycles. The molecule has 4 rings (SSSR count). The van der Waals surface area contributed by atoms with Gasteiger partial charge in [-0.2, -0.15) is 0 Å². The summed E-state index contributed by atoms with van der Waals surface area (Å²) in [5.41, 5.74) is 2.34. The van der Waals surface area contributed by atoms with Crippen molar-refractivity contribution in [2.45, 2.75) is 26.3 Å². The van der Waals surface area contributed by atoms with Crippen LogP contribution < -0.4 is 19.5 Å². The molecule has 0 radical (unpaired) electrons. The van der Waals surface area contributed by atoms with E-state index in [9.17, 15) is 9.59 Å². The summed E-state index contributed by atoms with van der Waals surface area (Å²) in [5.74, 6) is 2.22. The van der Waals surface area contributed by atoms with E-state index in [0.29, 0.717) is 36.8 Å².